The average molecular weight is 546 g/mol. The second-order valence-electron chi connectivity index (χ2n) is 11.3. The number of nitrogens with zero attached hydrogens (tertiary/aromatic N) is 7. The summed E-state index contributed by atoms with van der Waals surface area (Å²) < 4.78 is 7.03. The van der Waals surface area contributed by atoms with E-state index in [0.717, 1.165) is 28.1 Å². The molecule has 1 amide bonds. The molecule has 12 nitrogen and oxygen atoms in total. The highest BCUT2D eigenvalue weighted by Gasteiger charge is 2.28. The van der Waals surface area contributed by atoms with Crippen LogP contribution in [0.2, 0.25) is 0 Å². The number of nitrogens with one attached hydrogen (secondary N) is 2. The summed E-state index contributed by atoms with van der Waals surface area (Å²) in [5.41, 5.74) is 4.18. The van der Waals surface area contributed by atoms with Crippen LogP contribution in [0.3, 0.4) is 0 Å². The van der Waals surface area contributed by atoms with Crippen molar-refractivity contribution < 1.29 is 14.4 Å². The van der Waals surface area contributed by atoms with Crippen LogP contribution >= 0.6 is 0 Å². The molecule has 0 saturated carbocycles. The number of aliphatic hydroxyl groups excluding tert-OH is 1. The number of fused-ring (bicyclic) bond motifs is 1. The standard InChI is InChI=1S/C28H35N9O3/c1-17(38)14-37-11-9-23(32-25(39)24-34-26(40-35-24)28(2,3)4)21-7-6-18(12-19(21)15-37)22-8-10-29-27(33-22)31-20-13-30-36(5)16-20/h6-8,10,12-13,16-17,23,38H,9,11,14-15H2,1-5H3,(H,32,39)(H,29,31,33)/t17-,23+/m0/s1. The molecular formula is C28H35N9O3. The molecule has 4 heterocycles. The van der Waals surface area contributed by atoms with Gasteiger partial charge in [0.1, 0.15) is 0 Å². The van der Waals surface area contributed by atoms with E-state index in [9.17, 15) is 9.90 Å². The van der Waals surface area contributed by atoms with Crippen LogP contribution in [-0.2, 0) is 19.0 Å². The molecule has 0 saturated heterocycles. The van der Waals surface area contributed by atoms with Gasteiger partial charge < -0.3 is 20.3 Å². The Morgan fingerprint density at radius 2 is 2.08 bits per heavy atom. The van der Waals surface area contributed by atoms with E-state index in [4.69, 9.17) is 9.51 Å². The van der Waals surface area contributed by atoms with Crippen LogP contribution in [0.1, 0.15) is 67.8 Å². The zero-order valence-electron chi connectivity index (χ0n) is 23.4. The Labute approximate surface area is 232 Å². The third-order valence-electron chi connectivity index (χ3n) is 6.66. The molecule has 1 aliphatic rings. The van der Waals surface area contributed by atoms with Gasteiger partial charge in [-0.3, -0.25) is 14.4 Å². The summed E-state index contributed by atoms with van der Waals surface area (Å²) >= 11 is 0. The number of anilines is 2. The second-order valence-corrected chi connectivity index (χ2v) is 11.3. The molecule has 1 aromatic carbocycles. The third-order valence-corrected chi connectivity index (χ3v) is 6.66. The van der Waals surface area contributed by atoms with Crippen molar-refractivity contribution in [1.29, 1.82) is 0 Å². The predicted molar refractivity (Wildman–Crippen MR) is 149 cm³/mol. The lowest BCUT2D eigenvalue weighted by Crippen LogP contribution is -2.33. The van der Waals surface area contributed by atoms with Crippen LogP contribution in [0.5, 0.6) is 0 Å². The van der Waals surface area contributed by atoms with E-state index in [0.29, 0.717) is 37.9 Å². The molecule has 4 aromatic rings. The Kier molecular flexibility index (Phi) is 7.63. The summed E-state index contributed by atoms with van der Waals surface area (Å²) in [5.74, 6) is 0.512. The van der Waals surface area contributed by atoms with E-state index in [1.807, 2.05) is 52.2 Å². The maximum Gasteiger partial charge on any atom is 0.293 e. The highest BCUT2D eigenvalue weighted by atomic mass is 16.5. The number of aryl methyl sites for hydroxylation is 1. The molecule has 0 radical (unpaired) electrons. The highest BCUT2D eigenvalue weighted by molar-refractivity contribution is 5.90. The lowest BCUT2D eigenvalue weighted by molar-refractivity contribution is 0.0913. The topological polar surface area (TPSA) is 147 Å². The van der Waals surface area contributed by atoms with Crippen molar-refractivity contribution in [2.45, 2.75) is 58.2 Å². The lowest BCUT2D eigenvalue weighted by Gasteiger charge is -2.22. The van der Waals surface area contributed by atoms with E-state index >= 15 is 0 Å². The Balaban J connectivity index is 1.42. The number of benzene rings is 1. The van der Waals surface area contributed by atoms with Crippen molar-refractivity contribution in [3.05, 3.63) is 65.7 Å². The molecule has 12 heteroatoms. The summed E-state index contributed by atoms with van der Waals surface area (Å²) in [6.45, 7) is 9.49. The zero-order chi connectivity index (χ0) is 28.4. The summed E-state index contributed by atoms with van der Waals surface area (Å²) in [6, 6.07) is 7.74. The van der Waals surface area contributed by atoms with Gasteiger partial charge in [-0.25, -0.2) is 9.97 Å². The molecule has 1 aliphatic heterocycles. The normalized spacial score (nSPS) is 16.7. The number of aromatic nitrogens is 6. The fraction of sp³-hybridized carbons (Fsp3) is 0.429. The van der Waals surface area contributed by atoms with Crippen molar-refractivity contribution in [1.82, 2.24) is 40.1 Å². The summed E-state index contributed by atoms with van der Waals surface area (Å²) in [7, 11) is 1.85. The molecule has 2 atom stereocenters. The Morgan fingerprint density at radius 1 is 1.25 bits per heavy atom. The summed E-state index contributed by atoms with van der Waals surface area (Å²) in [4.78, 5) is 28.7. The largest absolute Gasteiger partial charge is 0.392 e. The van der Waals surface area contributed by atoms with Crippen LogP contribution in [0.25, 0.3) is 11.3 Å². The summed E-state index contributed by atoms with van der Waals surface area (Å²) in [5, 5.41) is 24.5. The minimum absolute atomic E-state index is 0.0165. The number of amides is 1. The lowest BCUT2D eigenvalue weighted by atomic mass is 9.96. The molecule has 5 rings (SSSR count). The fourth-order valence-corrected chi connectivity index (χ4v) is 4.75. The number of carbonyl (C=O) groups excluding carboxylic acids is 1. The van der Waals surface area contributed by atoms with Crippen molar-refractivity contribution in [2.24, 2.45) is 7.05 Å². The first-order valence-electron chi connectivity index (χ1n) is 13.3. The number of hydrogen-bond acceptors (Lipinski definition) is 10. The van der Waals surface area contributed by atoms with Crippen LogP contribution < -0.4 is 10.6 Å². The monoisotopic (exact) mass is 545 g/mol. The van der Waals surface area contributed by atoms with E-state index in [1.165, 1.54) is 0 Å². The Morgan fingerprint density at radius 3 is 2.77 bits per heavy atom. The maximum atomic E-state index is 13.1. The van der Waals surface area contributed by atoms with Crippen molar-refractivity contribution in [3.63, 3.8) is 0 Å². The quantitative estimate of drug-likeness (QED) is 0.316. The van der Waals surface area contributed by atoms with Crippen molar-refractivity contribution in [2.75, 3.05) is 18.4 Å². The van der Waals surface area contributed by atoms with E-state index in [-0.39, 0.29) is 23.2 Å². The van der Waals surface area contributed by atoms with Gasteiger partial charge in [0.15, 0.2) is 0 Å². The van der Waals surface area contributed by atoms with Crippen molar-refractivity contribution in [3.8, 4) is 11.3 Å². The molecule has 0 fully saturated rings. The van der Waals surface area contributed by atoms with Gasteiger partial charge in [-0.1, -0.05) is 38.1 Å². The molecule has 0 aliphatic carbocycles. The molecule has 3 N–H and O–H groups in total. The highest BCUT2D eigenvalue weighted by Crippen LogP contribution is 2.31. The zero-order valence-corrected chi connectivity index (χ0v) is 23.4. The summed E-state index contributed by atoms with van der Waals surface area (Å²) in [6.07, 6.45) is 5.47. The van der Waals surface area contributed by atoms with Crippen molar-refractivity contribution >= 4 is 17.5 Å². The number of rotatable bonds is 7. The van der Waals surface area contributed by atoms with Gasteiger partial charge in [-0.05, 0) is 36.6 Å². The predicted octanol–water partition coefficient (Wildman–Crippen LogP) is 3.36. The second kappa shape index (κ2) is 11.1. The molecule has 0 spiro atoms. The van der Waals surface area contributed by atoms with Crippen LogP contribution in [0, 0.1) is 0 Å². The molecule has 3 aromatic heterocycles. The smallest absolute Gasteiger partial charge is 0.293 e. The van der Waals surface area contributed by atoms with Gasteiger partial charge in [0, 0.05) is 50.1 Å². The minimum atomic E-state index is -0.476. The van der Waals surface area contributed by atoms with Gasteiger partial charge >= 0.3 is 0 Å². The fourth-order valence-electron chi connectivity index (χ4n) is 4.75. The Bertz CT molecular complexity index is 1490. The minimum Gasteiger partial charge on any atom is -0.392 e. The van der Waals surface area contributed by atoms with Gasteiger partial charge in [-0.15, -0.1) is 0 Å². The average Bonchev–Trinajstić information content (AvgIpc) is 3.52. The Hall–Kier alpha value is -4.16. The number of aliphatic hydroxyl groups is 1. The van der Waals surface area contributed by atoms with E-state index in [2.05, 4.69) is 41.8 Å². The van der Waals surface area contributed by atoms with Crippen LogP contribution in [0.4, 0.5) is 11.6 Å². The molecule has 0 bridgehead atoms. The first-order chi connectivity index (χ1) is 19.0. The first kappa shape index (κ1) is 27.4. The van der Waals surface area contributed by atoms with Gasteiger partial charge in [0.25, 0.3) is 11.7 Å². The maximum absolute atomic E-state index is 13.1. The van der Waals surface area contributed by atoms with Gasteiger partial charge in [0.05, 0.1) is 29.7 Å². The molecule has 0 unspecified atom stereocenters. The van der Waals surface area contributed by atoms with Crippen LogP contribution in [-0.4, -0.2) is 65.0 Å². The molecule has 210 valence electrons. The van der Waals surface area contributed by atoms with Gasteiger partial charge in [0.2, 0.25) is 11.8 Å². The number of β-amino-alcohol motifs (C(OH)–C–C–N with tert-alkyl or cyclic N) is 1. The molecule has 40 heavy (non-hydrogen) atoms. The van der Waals surface area contributed by atoms with Crippen LogP contribution in [0.15, 0.2) is 47.4 Å². The number of hydrogen-bond donors (Lipinski definition) is 3. The molecular weight excluding hydrogens is 510 g/mol. The van der Waals surface area contributed by atoms with Gasteiger partial charge in [-0.2, -0.15) is 10.1 Å². The number of carbonyl (C=O) groups is 1. The first-order valence-corrected chi connectivity index (χ1v) is 13.3. The SMILES string of the molecule is C[C@H](O)CN1CC[C@@H](NC(=O)c2noc(C(C)(C)C)n2)c2ccc(-c3ccnc(Nc4cnn(C)c4)n3)cc2C1. The third kappa shape index (κ3) is 6.35. The van der Waals surface area contributed by atoms with E-state index in [1.54, 1.807) is 24.0 Å². The van der Waals surface area contributed by atoms with E-state index < -0.39 is 6.10 Å².